The lowest BCUT2D eigenvalue weighted by Crippen LogP contribution is -3.00. The van der Waals surface area contributed by atoms with Crippen molar-refractivity contribution in [2.24, 2.45) is 0 Å². The number of carbonyl (C=O) groups excluding carboxylic acids is 1. The van der Waals surface area contributed by atoms with Crippen molar-refractivity contribution in [2.45, 2.75) is 18.9 Å². The molecule has 4 nitrogen and oxygen atoms in total. The number of para-hydroxylation sites is 1. The molecule has 0 spiro atoms. The summed E-state index contributed by atoms with van der Waals surface area (Å²) < 4.78 is 10.7. The van der Waals surface area contributed by atoms with Gasteiger partial charge in [0.25, 0.3) is 0 Å². The number of piperidine rings is 1. The van der Waals surface area contributed by atoms with Crippen LogP contribution in [-0.2, 0) is 4.74 Å². The van der Waals surface area contributed by atoms with E-state index in [0.29, 0.717) is 11.3 Å². The number of nitrogens with zero attached hydrogens (tertiary/aromatic N) is 1. The summed E-state index contributed by atoms with van der Waals surface area (Å²) in [5.74, 6) is 0.263. The molecule has 1 saturated heterocycles. The standard InChI is InChI=1S/C14H19NO3.ClH/c1-15-9-5-6-11(10-15)18-14(16)12-7-3-4-8-13(12)17-2;/h3-4,7-8,11H,5-6,9-10H2,1-2H3;1H/p-1. The van der Waals surface area contributed by atoms with Crippen LogP contribution in [0.1, 0.15) is 23.2 Å². The van der Waals surface area contributed by atoms with Gasteiger partial charge in [-0.3, -0.25) is 0 Å². The number of hydrogen-bond donors (Lipinski definition) is 0. The second-order valence-corrected chi connectivity index (χ2v) is 4.63. The maximum atomic E-state index is 12.1. The molecule has 2 rings (SSSR count). The quantitative estimate of drug-likeness (QED) is 0.664. The van der Waals surface area contributed by atoms with Crippen molar-refractivity contribution in [3.63, 3.8) is 0 Å². The van der Waals surface area contributed by atoms with Crippen LogP contribution in [0.3, 0.4) is 0 Å². The molecule has 0 aliphatic carbocycles. The normalized spacial score (nSPS) is 19.4. The highest BCUT2D eigenvalue weighted by molar-refractivity contribution is 5.92. The lowest BCUT2D eigenvalue weighted by atomic mass is 10.1. The zero-order valence-corrected chi connectivity index (χ0v) is 12.0. The Morgan fingerprint density at radius 3 is 2.79 bits per heavy atom. The highest BCUT2D eigenvalue weighted by Crippen LogP contribution is 2.20. The van der Waals surface area contributed by atoms with Gasteiger partial charge < -0.3 is 26.8 Å². The molecule has 0 radical (unpaired) electrons. The summed E-state index contributed by atoms with van der Waals surface area (Å²) in [7, 11) is 3.60. The van der Waals surface area contributed by atoms with Gasteiger partial charge in [0.1, 0.15) is 17.4 Å². The van der Waals surface area contributed by atoms with Crippen LogP contribution in [0.5, 0.6) is 5.75 Å². The molecule has 1 fully saturated rings. The molecule has 0 N–H and O–H groups in total. The van der Waals surface area contributed by atoms with E-state index in [4.69, 9.17) is 9.47 Å². The summed E-state index contributed by atoms with van der Waals surface area (Å²) in [6, 6.07) is 7.15. The minimum absolute atomic E-state index is 0. The second kappa shape index (κ2) is 7.36. The van der Waals surface area contributed by atoms with Gasteiger partial charge in [-0.25, -0.2) is 4.79 Å². The molecule has 1 atom stereocenters. The van der Waals surface area contributed by atoms with Gasteiger partial charge in [0.05, 0.1) is 7.11 Å². The molecule has 0 saturated carbocycles. The van der Waals surface area contributed by atoms with Gasteiger partial charge in [-0.2, -0.15) is 0 Å². The van der Waals surface area contributed by atoms with E-state index in [2.05, 4.69) is 4.90 Å². The fourth-order valence-electron chi connectivity index (χ4n) is 2.24. The molecule has 1 aliphatic heterocycles. The fraction of sp³-hybridized carbons (Fsp3) is 0.500. The Kier molecular flexibility index (Phi) is 6.12. The average Bonchev–Trinajstić information content (AvgIpc) is 2.38. The first-order valence-electron chi connectivity index (χ1n) is 6.23. The summed E-state index contributed by atoms with van der Waals surface area (Å²) in [5, 5.41) is 0. The summed E-state index contributed by atoms with van der Waals surface area (Å²) in [6.45, 7) is 1.88. The molecule has 1 heterocycles. The number of likely N-dealkylation sites (tertiary alicyclic amines) is 1. The second-order valence-electron chi connectivity index (χ2n) is 4.63. The Morgan fingerprint density at radius 1 is 1.37 bits per heavy atom. The molecule has 5 heteroatoms. The summed E-state index contributed by atoms with van der Waals surface area (Å²) in [5.41, 5.74) is 0.494. The van der Waals surface area contributed by atoms with E-state index < -0.39 is 0 Å². The van der Waals surface area contributed by atoms with Gasteiger partial charge in [-0.05, 0) is 38.6 Å². The molecule has 19 heavy (non-hydrogen) atoms. The van der Waals surface area contributed by atoms with Gasteiger partial charge >= 0.3 is 5.97 Å². The maximum Gasteiger partial charge on any atom is 0.342 e. The Hall–Kier alpha value is -1.26. The molecular formula is C14H19ClNO3-. The van der Waals surface area contributed by atoms with Crippen LogP contribution < -0.4 is 17.1 Å². The third-order valence-electron chi connectivity index (χ3n) is 3.18. The number of methoxy groups -OCH3 is 1. The Morgan fingerprint density at radius 2 is 2.11 bits per heavy atom. The zero-order chi connectivity index (χ0) is 13.0. The monoisotopic (exact) mass is 284 g/mol. The zero-order valence-electron chi connectivity index (χ0n) is 11.3. The summed E-state index contributed by atoms with van der Waals surface area (Å²) in [4.78, 5) is 14.3. The first kappa shape index (κ1) is 15.8. The van der Waals surface area contributed by atoms with Crippen LogP contribution in [-0.4, -0.2) is 44.2 Å². The lowest BCUT2D eigenvalue weighted by Gasteiger charge is -2.29. The largest absolute Gasteiger partial charge is 1.00 e. The van der Waals surface area contributed by atoms with Crippen LogP contribution in [0.2, 0.25) is 0 Å². The number of benzene rings is 1. The fourth-order valence-corrected chi connectivity index (χ4v) is 2.24. The van der Waals surface area contributed by atoms with Crippen LogP contribution >= 0.6 is 0 Å². The smallest absolute Gasteiger partial charge is 0.342 e. The van der Waals surface area contributed by atoms with Gasteiger partial charge in [0.2, 0.25) is 0 Å². The van der Waals surface area contributed by atoms with Crippen molar-refractivity contribution in [1.29, 1.82) is 0 Å². The highest BCUT2D eigenvalue weighted by Gasteiger charge is 2.22. The molecule has 0 amide bonds. The van der Waals surface area contributed by atoms with E-state index in [9.17, 15) is 4.79 Å². The average molecular weight is 285 g/mol. The van der Waals surface area contributed by atoms with Crippen molar-refractivity contribution in [3.05, 3.63) is 29.8 Å². The molecule has 106 valence electrons. The van der Waals surface area contributed by atoms with Gasteiger partial charge in [-0.1, -0.05) is 12.1 Å². The van der Waals surface area contributed by atoms with Crippen molar-refractivity contribution in [1.82, 2.24) is 4.90 Å². The first-order valence-corrected chi connectivity index (χ1v) is 6.23. The number of rotatable bonds is 3. The molecule has 1 aromatic carbocycles. The Balaban J connectivity index is 0.00000180. The van der Waals surface area contributed by atoms with Crippen LogP contribution in [0.25, 0.3) is 0 Å². The van der Waals surface area contributed by atoms with Crippen LogP contribution in [0.4, 0.5) is 0 Å². The van der Waals surface area contributed by atoms with Crippen LogP contribution in [0, 0.1) is 0 Å². The van der Waals surface area contributed by atoms with Gasteiger partial charge in [-0.15, -0.1) is 0 Å². The molecule has 1 unspecified atom stereocenters. The number of halogens is 1. The van der Waals surface area contributed by atoms with Crippen molar-refractivity contribution < 1.29 is 26.7 Å². The third kappa shape index (κ3) is 4.11. The van der Waals surface area contributed by atoms with E-state index in [-0.39, 0.29) is 24.5 Å². The molecule has 0 aromatic heterocycles. The van der Waals surface area contributed by atoms with Gasteiger partial charge in [0, 0.05) is 6.54 Å². The van der Waals surface area contributed by atoms with Crippen LogP contribution in [0.15, 0.2) is 24.3 Å². The molecule has 1 aliphatic rings. The molecule has 1 aromatic rings. The number of ether oxygens (including phenoxy) is 2. The van der Waals surface area contributed by atoms with E-state index in [1.54, 1.807) is 19.2 Å². The number of esters is 1. The number of carbonyl (C=O) groups is 1. The van der Waals surface area contributed by atoms with Crippen molar-refractivity contribution in [3.8, 4) is 5.75 Å². The molecule has 0 bridgehead atoms. The predicted octanol–water partition coefficient (Wildman–Crippen LogP) is -1.05. The highest BCUT2D eigenvalue weighted by atomic mass is 35.5. The first-order chi connectivity index (χ1) is 8.70. The predicted molar refractivity (Wildman–Crippen MR) is 68.9 cm³/mol. The topological polar surface area (TPSA) is 38.8 Å². The maximum absolute atomic E-state index is 12.1. The van der Waals surface area contributed by atoms with E-state index in [1.807, 2.05) is 19.2 Å². The Labute approximate surface area is 120 Å². The number of hydrogen-bond acceptors (Lipinski definition) is 4. The Bertz CT molecular complexity index is 425. The number of likely N-dealkylation sites (N-methyl/N-ethyl adjacent to an activating group) is 1. The molecular weight excluding hydrogens is 266 g/mol. The summed E-state index contributed by atoms with van der Waals surface area (Å²) >= 11 is 0. The minimum atomic E-state index is -0.298. The minimum Gasteiger partial charge on any atom is -1.00 e. The van der Waals surface area contributed by atoms with Crippen molar-refractivity contribution in [2.75, 3.05) is 27.2 Å². The van der Waals surface area contributed by atoms with E-state index >= 15 is 0 Å². The van der Waals surface area contributed by atoms with E-state index in [1.165, 1.54) is 0 Å². The van der Waals surface area contributed by atoms with Crippen molar-refractivity contribution >= 4 is 5.97 Å². The summed E-state index contributed by atoms with van der Waals surface area (Å²) in [6.07, 6.45) is 1.99. The SMILES string of the molecule is COc1ccccc1C(=O)OC1CCCN(C)C1.[Cl-]. The lowest BCUT2D eigenvalue weighted by molar-refractivity contribution is -0.0000872. The third-order valence-corrected chi connectivity index (χ3v) is 3.18. The van der Waals surface area contributed by atoms with Gasteiger partial charge in [0.15, 0.2) is 0 Å². The van der Waals surface area contributed by atoms with E-state index in [0.717, 1.165) is 25.9 Å².